The van der Waals surface area contributed by atoms with Crippen molar-refractivity contribution in [1.82, 2.24) is 0 Å². The molecule has 0 rings (SSSR count). The van der Waals surface area contributed by atoms with Crippen molar-refractivity contribution < 1.29 is 34.4 Å². The normalized spacial score (nSPS) is 15.1. The second-order valence-electron chi connectivity index (χ2n) is 8.04. The van der Waals surface area contributed by atoms with Gasteiger partial charge in [0.2, 0.25) is 6.29 Å². The molecule has 0 radical (unpaired) electrons. The number of carboxylic acids is 1. The molecule has 0 aromatic heterocycles. The van der Waals surface area contributed by atoms with E-state index in [1.54, 1.807) is 6.08 Å². The van der Waals surface area contributed by atoms with Crippen LogP contribution in [-0.4, -0.2) is 51.8 Å². The first kappa shape index (κ1) is 30.1. The zero-order valence-electron chi connectivity index (χ0n) is 19.5. The summed E-state index contributed by atoms with van der Waals surface area (Å²) >= 11 is 0. The second-order valence-corrected chi connectivity index (χ2v) is 8.04. The van der Waals surface area contributed by atoms with E-state index < -0.39 is 36.5 Å². The molecule has 8 nitrogen and oxygen atoms in total. The molecule has 8 heteroatoms. The molecular weight excluding hydrogens is 414 g/mol. The van der Waals surface area contributed by atoms with Crippen LogP contribution in [0.5, 0.6) is 0 Å². The van der Waals surface area contributed by atoms with Gasteiger partial charge in [-0.15, -0.1) is 0 Å². The molecule has 0 heterocycles. The number of rotatable bonds is 21. The van der Waals surface area contributed by atoms with E-state index in [9.17, 15) is 19.8 Å². The Hall–Kier alpha value is -1.90. The second kappa shape index (κ2) is 19.8. The van der Waals surface area contributed by atoms with E-state index in [1.807, 2.05) is 6.08 Å². The molecule has 0 aromatic rings. The van der Waals surface area contributed by atoms with Crippen LogP contribution in [0.4, 0.5) is 0 Å². The molecular formula is C24H43NO7. The lowest BCUT2D eigenvalue weighted by Gasteiger charge is -2.22. The van der Waals surface area contributed by atoms with Crippen LogP contribution >= 0.6 is 0 Å². The number of aliphatic hydroxyl groups is 2. The molecule has 0 aliphatic rings. The molecule has 4 atom stereocenters. The fourth-order valence-corrected chi connectivity index (χ4v) is 3.18. The number of nitrogens with two attached hydrogens (primary N) is 1. The largest absolute Gasteiger partial charge is 0.481 e. The molecule has 4 unspecified atom stereocenters. The third-order valence-corrected chi connectivity index (χ3v) is 5.13. The summed E-state index contributed by atoms with van der Waals surface area (Å²) in [4.78, 5) is 22.7. The zero-order valence-corrected chi connectivity index (χ0v) is 19.5. The Morgan fingerprint density at radius 1 is 1.00 bits per heavy atom. The van der Waals surface area contributed by atoms with Gasteiger partial charge in [0.15, 0.2) is 0 Å². The van der Waals surface area contributed by atoms with Gasteiger partial charge in [0, 0.05) is 12.8 Å². The summed E-state index contributed by atoms with van der Waals surface area (Å²) in [6.07, 6.45) is 11.2. The number of esters is 1. The molecule has 0 amide bonds. The van der Waals surface area contributed by atoms with Crippen LogP contribution in [0.15, 0.2) is 25.0 Å². The van der Waals surface area contributed by atoms with E-state index >= 15 is 0 Å². The van der Waals surface area contributed by atoms with Gasteiger partial charge in [0.05, 0.1) is 12.3 Å². The standard InChI is InChI=1S/C24H43NO7/c1-3-5-11-15-21(32-23(29)18-17-19(25)24(30)31-4-2)20(26)14-12-9-7-6-8-10-13-16-22(27)28/h4,12,14,19-21,24,26,30H,2-3,5-11,13,15-18,25H2,1H3,(H,27,28). The van der Waals surface area contributed by atoms with Crippen molar-refractivity contribution in [2.45, 2.75) is 115 Å². The van der Waals surface area contributed by atoms with E-state index in [-0.39, 0.29) is 19.3 Å². The highest BCUT2D eigenvalue weighted by Crippen LogP contribution is 2.15. The van der Waals surface area contributed by atoms with Crippen molar-refractivity contribution >= 4 is 11.9 Å². The predicted octanol–water partition coefficient (Wildman–Crippen LogP) is 3.80. The van der Waals surface area contributed by atoms with Gasteiger partial charge in [-0.3, -0.25) is 9.59 Å². The van der Waals surface area contributed by atoms with Crippen molar-refractivity contribution in [2.75, 3.05) is 0 Å². The van der Waals surface area contributed by atoms with Gasteiger partial charge < -0.3 is 30.5 Å². The number of aliphatic carboxylic acids is 1. The summed E-state index contributed by atoms with van der Waals surface area (Å²) in [7, 11) is 0. The van der Waals surface area contributed by atoms with Gasteiger partial charge in [-0.2, -0.15) is 0 Å². The van der Waals surface area contributed by atoms with Crippen LogP contribution in [0.25, 0.3) is 0 Å². The van der Waals surface area contributed by atoms with Crippen molar-refractivity contribution in [3.05, 3.63) is 25.0 Å². The molecule has 5 N–H and O–H groups in total. The average Bonchev–Trinajstić information content (AvgIpc) is 2.75. The Bertz CT molecular complexity index is 538. The monoisotopic (exact) mass is 457 g/mol. The van der Waals surface area contributed by atoms with Gasteiger partial charge >= 0.3 is 11.9 Å². The summed E-state index contributed by atoms with van der Waals surface area (Å²) in [5, 5.41) is 28.7. The van der Waals surface area contributed by atoms with E-state index in [0.29, 0.717) is 12.8 Å². The van der Waals surface area contributed by atoms with Gasteiger partial charge in [0.25, 0.3) is 0 Å². The molecule has 0 saturated heterocycles. The maximum absolute atomic E-state index is 12.2. The molecule has 0 fully saturated rings. The summed E-state index contributed by atoms with van der Waals surface area (Å²) in [5.41, 5.74) is 5.77. The summed E-state index contributed by atoms with van der Waals surface area (Å²) in [5.74, 6) is -1.22. The van der Waals surface area contributed by atoms with Crippen LogP contribution < -0.4 is 5.73 Å². The Labute approximate surface area is 192 Å². The summed E-state index contributed by atoms with van der Waals surface area (Å²) in [6, 6.07) is -0.743. The predicted molar refractivity (Wildman–Crippen MR) is 124 cm³/mol. The quantitative estimate of drug-likeness (QED) is 0.0671. The van der Waals surface area contributed by atoms with Crippen LogP contribution in [0.2, 0.25) is 0 Å². The highest BCUT2D eigenvalue weighted by Gasteiger charge is 2.23. The number of allylic oxidation sites excluding steroid dienone is 1. The minimum atomic E-state index is -1.23. The fourth-order valence-electron chi connectivity index (χ4n) is 3.18. The number of ether oxygens (including phenoxy) is 2. The van der Waals surface area contributed by atoms with Gasteiger partial charge in [-0.25, -0.2) is 0 Å². The molecule has 32 heavy (non-hydrogen) atoms. The van der Waals surface area contributed by atoms with E-state index in [1.165, 1.54) is 0 Å². The van der Waals surface area contributed by atoms with Gasteiger partial charge in [-0.1, -0.05) is 57.8 Å². The third-order valence-electron chi connectivity index (χ3n) is 5.13. The molecule has 0 saturated carbocycles. The van der Waals surface area contributed by atoms with Crippen molar-refractivity contribution in [3.63, 3.8) is 0 Å². The molecule has 186 valence electrons. The number of unbranched alkanes of at least 4 members (excludes halogenated alkanes) is 7. The molecule has 0 aliphatic heterocycles. The lowest BCUT2D eigenvalue weighted by molar-refractivity contribution is -0.154. The minimum Gasteiger partial charge on any atom is -0.481 e. The maximum atomic E-state index is 12.2. The highest BCUT2D eigenvalue weighted by atomic mass is 16.6. The van der Waals surface area contributed by atoms with E-state index in [2.05, 4.69) is 13.5 Å². The lowest BCUT2D eigenvalue weighted by Crippen LogP contribution is -2.36. The summed E-state index contributed by atoms with van der Waals surface area (Å²) < 4.78 is 10.3. The number of carbonyl (C=O) groups is 2. The number of carbonyl (C=O) groups excluding carboxylic acids is 1. The van der Waals surface area contributed by atoms with Crippen LogP contribution in [0, 0.1) is 0 Å². The SMILES string of the molecule is C=COC(O)C(N)CCC(=O)OC(CCCCC)C(O)C=CCCCCCCCC(=O)O. The molecule has 0 spiro atoms. The Balaban J connectivity index is 4.37. The molecule has 0 aromatic carbocycles. The van der Waals surface area contributed by atoms with Crippen molar-refractivity contribution in [1.29, 1.82) is 0 Å². The highest BCUT2D eigenvalue weighted by molar-refractivity contribution is 5.69. The van der Waals surface area contributed by atoms with Gasteiger partial charge in [-0.05, 0) is 38.5 Å². The van der Waals surface area contributed by atoms with Crippen molar-refractivity contribution in [3.8, 4) is 0 Å². The average molecular weight is 458 g/mol. The zero-order chi connectivity index (χ0) is 24.2. The minimum absolute atomic E-state index is 0.0152. The number of aliphatic hydroxyl groups excluding tert-OH is 2. The first-order valence-electron chi connectivity index (χ1n) is 11.8. The van der Waals surface area contributed by atoms with Crippen LogP contribution in [0.1, 0.15) is 90.4 Å². The smallest absolute Gasteiger partial charge is 0.306 e. The Kier molecular flexibility index (Phi) is 18.6. The first-order valence-corrected chi connectivity index (χ1v) is 11.8. The summed E-state index contributed by atoms with van der Waals surface area (Å²) in [6.45, 7) is 5.43. The van der Waals surface area contributed by atoms with E-state index in [4.69, 9.17) is 20.3 Å². The third kappa shape index (κ3) is 16.8. The first-order chi connectivity index (χ1) is 15.3. The van der Waals surface area contributed by atoms with Gasteiger partial charge in [0.1, 0.15) is 12.2 Å². The van der Waals surface area contributed by atoms with Crippen LogP contribution in [0.3, 0.4) is 0 Å². The number of hydrogen-bond donors (Lipinski definition) is 4. The number of hydrogen-bond acceptors (Lipinski definition) is 7. The Morgan fingerprint density at radius 3 is 2.34 bits per heavy atom. The lowest BCUT2D eigenvalue weighted by atomic mass is 10.0. The fraction of sp³-hybridized carbons (Fsp3) is 0.750. The van der Waals surface area contributed by atoms with Crippen molar-refractivity contribution in [2.24, 2.45) is 5.73 Å². The van der Waals surface area contributed by atoms with E-state index in [0.717, 1.165) is 57.6 Å². The topological polar surface area (TPSA) is 139 Å². The van der Waals surface area contributed by atoms with Crippen LogP contribution in [-0.2, 0) is 19.1 Å². The Morgan fingerprint density at radius 2 is 1.69 bits per heavy atom. The molecule has 0 bridgehead atoms. The number of carboxylic acid groups (broad SMARTS) is 1. The maximum Gasteiger partial charge on any atom is 0.306 e. The molecule has 0 aliphatic carbocycles.